The number of carbonyl (C=O) groups is 1. The number of nitrogens with zero attached hydrogens (tertiary/aromatic N) is 3. The van der Waals surface area contributed by atoms with E-state index >= 15 is 0 Å². The number of para-hydroxylation sites is 1. The highest BCUT2D eigenvalue weighted by Crippen LogP contribution is 2.27. The number of hydrogen-bond donors (Lipinski definition) is 1. The fraction of sp³-hybridized carbons (Fsp3) is 0.375. The second-order valence-electron chi connectivity index (χ2n) is 5.68. The normalized spacial score (nSPS) is 15.8. The summed E-state index contributed by atoms with van der Waals surface area (Å²) >= 11 is 6.21. The number of piperazine rings is 1. The van der Waals surface area contributed by atoms with Crippen LogP contribution in [0.25, 0.3) is 0 Å². The van der Waals surface area contributed by atoms with Gasteiger partial charge < -0.3 is 9.64 Å². The van der Waals surface area contributed by atoms with Crippen molar-refractivity contribution in [2.75, 3.05) is 37.7 Å². The summed E-state index contributed by atoms with van der Waals surface area (Å²) in [6.07, 6.45) is 1.17. The Kier molecular flexibility index (Phi) is 5.49. The lowest BCUT2D eigenvalue weighted by atomic mass is 10.2. The van der Waals surface area contributed by atoms with Gasteiger partial charge in [-0.1, -0.05) is 23.7 Å². The average Bonchev–Trinajstić information content (AvgIpc) is 3.13. The van der Waals surface area contributed by atoms with E-state index in [0.717, 1.165) is 5.69 Å². The topological polar surface area (TPSA) is 95.6 Å². The number of anilines is 1. The Labute approximate surface area is 156 Å². The molecule has 0 radical (unpaired) electrons. The van der Waals surface area contributed by atoms with Crippen molar-refractivity contribution in [1.29, 1.82) is 0 Å². The first-order chi connectivity index (χ1) is 12.4. The van der Waals surface area contributed by atoms with Gasteiger partial charge in [-0.15, -0.1) is 0 Å². The fourth-order valence-electron chi connectivity index (χ4n) is 2.83. The number of esters is 1. The Morgan fingerprint density at radius 3 is 2.62 bits per heavy atom. The Balaban J connectivity index is 1.76. The van der Waals surface area contributed by atoms with Crippen LogP contribution < -0.4 is 4.90 Å². The molecule has 1 aliphatic rings. The number of sulfonamides is 1. The Hall–Kier alpha value is -2.10. The lowest BCUT2D eigenvalue weighted by molar-refractivity contribution is 0.0521. The number of aromatic nitrogens is 2. The highest BCUT2D eigenvalue weighted by molar-refractivity contribution is 7.89. The maximum absolute atomic E-state index is 12.9. The van der Waals surface area contributed by atoms with Gasteiger partial charge in [0.05, 0.1) is 23.5 Å². The molecule has 8 nitrogen and oxygen atoms in total. The third kappa shape index (κ3) is 3.55. The van der Waals surface area contributed by atoms with Gasteiger partial charge in [0.2, 0.25) is 0 Å². The zero-order valence-electron chi connectivity index (χ0n) is 14.2. The van der Waals surface area contributed by atoms with Crippen LogP contribution in [0, 0.1) is 0 Å². The molecular weight excluding hydrogens is 380 g/mol. The molecule has 2 aromatic rings. The minimum Gasteiger partial charge on any atom is -0.462 e. The molecule has 0 atom stereocenters. The van der Waals surface area contributed by atoms with Crippen LogP contribution in [0.4, 0.5) is 5.69 Å². The number of aromatic amines is 1. The summed E-state index contributed by atoms with van der Waals surface area (Å²) in [6.45, 7) is 3.33. The van der Waals surface area contributed by atoms with Crippen molar-refractivity contribution in [2.45, 2.75) is 11.9 Å². The highest BCUT2D eigenvalue weighted by atomic mass is 35.5. The van der Waals surface area contributed by atoms with E-state index in [4.69, 9.17) is 16.3 Å². The van der Waals surface area contributed by atoms with Crippen molar-refractivity contribution < 1.29 is 17.9 Å². The minimum absolute atomic E-state index is 0.0830. The third-order valence-corrected chi connectivity index (χ3v) is 6.32. The van der Waals surface area contributed by atoms with Crippen LogP contribution in [0.3, 0.4) is 0 Å². The molecule has 0 saturated carbocycles. The molecule has 0 spiro atoms. The number of H-pyrrole nitrogens is 1. The first-order valence-corrected chi connectivity index (χ1v) is 9.97. The molecule has 1 saturated heterocycles. The first-order valence-electron chi connectivity index (χ1n) is 8.15. The lowest BCUT2D eigenvalue weighted by Gasteiger charge is -2.35. The van der Waals surface area contributed by atoms with E-state index in [1.54, 1.807) is 13.0 Å². The summed E-state index contributed by atoms with van der Waals surface area (Å²) in [6, 6.07) is 7.44. The summed E-state index contributed by atoms with van der Waals surface area (Å²) in [5.41, 5.74) is 0.792. The van der Waals surface area contributed by atoms with Crippen LogP contribution in [0.5, 0.6) is 0 Å². The van der Waals surface area contributed by atoms with Crippen molar-refractivity contribution >= 4 is 33.3 Å². The van der Waals surface area contributed by atoms with Gasteiger partial charge in [0.15, 0.2) is 5.03 Å². The molecule has 1 N–H and O–H groups in total. The van der Waals surface area contributed by atoms with Crippen LogP contribution >= 0.6 is 11.6 Å². The van der Waals surface area contributed by atoms with Crippen molar-refractivity contribution in [1.82, 2.24) is 14.5 Å². The van der Waals surface area contributed by atoms with Crippen LogP contribution in [0.15, 0.2) is 35.5 Å². The zero-order valence-corrected chi connectivity index (χ0v) is 15.8. The molecule has 1 aromatic heterocycles. The molecule has 2 heterocycles. The van der Waals surface area contributed by atoms with Gasteiger partial charge in [0.25, 0.3) is 10.0 Å². The number of halogens is 1. The van der Waals surface area contributed by atoms with E-state index < -0.39 is 16.0 Å². The third-order valence-electron chi connectivity index (χ3n) is 4.13. The van der Waals surface area contributed by atoms with Crippen molar-refractivity contribution in [3.05, 3.63) is 41.0 Å². The van der Waals surface area contributed by atoms with Gasteiger partial charge in [-0.3, -0.25) is 5.10 Å². The Morgan fingerprint density at radius 1 is 1.27 bits per heavy atom. The molecule has 3 rings (SSSR count). The van der Waals surface area contributed by atoms with Gasteiger partial charge in [-0.2, -0.15) is 9.40 Å². The molecule has 26 heavy (non-hydrogen) atoms. The fourth-order valence-corrected chi connectivity index (χ4v) is 4.57. The number of ether oxygens (including phenoxy) is 1. The molecule has 1 aliphatic heterocycles. The number of hydrogen-bond acceptors (Lipinski definition) is 6. The first kappa shape index (κ1) is 18.7. The van der Waals surface area contributed by atoms with Gasteiger partial charge in [0.1, 0.15) is 5.56 Å². The molecule has 0 unspecified atom stereocenters. The maximum atomic E-state index is 12.9. The SMILES string of the molecule is CCOC(=O)c1cn[nH]c1S(=O)(=O)N1CCN(c2ccccc2Cl)CC1. The monoisotopic (exact) mass is 398 g/mol. The second-order valence-corrected chi connectivity index (χ2v) is 7.96. The van der Waals surface area contributed by atoms with Crippen LogP contribution in [-0.4, -0.2) is 61.7 Å². The summed E-state index contributed by atoms with van der Waals surface area (Å²) in [4.78, 5) is 14.0. The number of benzene rings is 1. The Bertz CT molecular complexity index is 891. The van der Waals surface area contributed by atoms with E-state index in [1.165, 1.54) is 10.5 Å². The van der Waals surface area contributed by atoms with E-state index in [-0.39, 0.29) is 30.3 Å². The summed E-state index contributed by atoms with van der Waals surface area (Å²) in [7, 11) is -3.87. The molecule has 140 valence electrons. The molecule has 0 amide bonds. The van der Waals surface area contributed by atoms with Gasteiger partial charge in [-0.05, 0) is 19.1 Å². The smallest absolute Gasteiger partial charge is 0.342 e. The maximum Gasteiger partial charge on any atom is 0.342 e. The quantitative estimate of drug-likeness (QED) is 0.771. The molecule has 10 heteroatoms. The van der Waals surface area contributed by atoms with Crippen LogP contribution in [0.1, 0.15) is 17.3 Å². The Morgan fingerprint density at radius 2 is 1.96 bits per heavy atom. The van der Waals surface area contributed by atoms with E-state index in [2.05, 4.69) is 10.2 Å². The van der Waals surface area contributed by atoms with E-state index in [9.17, 15) is 13.2 Å². The predicted octanol–water partition coefficient (Wildman–Crippen LogP) is 1.75. The zero-order chi connectivity index (χ0) is 18.7. The molecule has 0 bridgehead atoms. The minimum atomic E-state index is -3.87. The molecule has 1 fully saturated rings. The predicted molar refractivity (Wildman–Crippen MR) is 97.0 cm³/mol. The van der Waals surface area contributed by atoms with Crippen LogP contribution in [-0.2, 0) is 14.8 Å². The number of nitrogens with one attached hydrogen (secondary N) is 1. The van der Waals surface area contributed by atoms with Crippen molar-refractivity contribution in [3.8, 4) is 0 Å². The van der Waals surface area contributed by atoms with E-state index in [1.807, 2.05) is 23.1 Å². The van der Waals surface area contributed by atoms with Gasteiger partial charge in [0, 0.05) is 26.2 Å². The summed E-state index contributed by atoms with van der Waals surface area (Å²) < 4.78 is 32.0. The second kappa shape index (κ2) is 7.65. The summed E-state index contributed by atoms with van der Waals surface area (Å²) in [5, 5.41) is 6.51. The molecule has 0 aliphatic carbocycles. The lowest BCUT2D eigenvalue weighted by Crippen LogP contribution is -2.49. The van der Waals surface area contributed by atoms with Gasteiger partial charge >= 0.3 is 5.97 Å². The highest BCUT2D eigenvalue weighted by Gasteiger charge is 2.34. The number of rotatable bonds is 5. The standard InChI is InChI=1S/C16H19ClN4O4S/c1-2-25-16(22)12-11-18-19-15(12)26(23,24)21-9-7-20(8-10-21)14-6-4-3-5-13(14)17/h3-6,11H,2,7-10H2,1H3,(H,18,19). The molecular formula is C16H19ClN4O4S. The van der Waals surface area contributed by atoms with Crippen molar-refractivity contribution in [3.63, 3.8) is 0 Å². The summed E-state index contributed by atoms with van der Waals surface area (Å²) in [5.74, 6) is -0.713. The number of carbonyl (C=O) groups excluding carboxylic acids is 1. The van der Waals surface area contributed by atoms with Crippen LogP contribution in [0.2, 0.25) is 5.02 Å². The largest absolute Gasteiger partial charge is 0.462 e. The molecule has 1 aromatic carbocycles. The average molecular weight is 399 g/mol. The van der Waals surface area contributed by atoms with E-state index in [0.29, 0.717) is 18.1 Å². The van der Waals surface area contributed by atoms with Gasteiger partial charge in [-0.25, -0.2) is 13.2 Å². The van der Waals surface area contributed by atoms with Crippen molar-refractivity contribution in [2.24, 2.45) is 0 Å².